The molecular formula is C26H33N3O3. The van der Waals surface area contributed by atoms with Crippen LogP contribution >= 0.6 is 0 Å². The van der Waals surface area contributed by atoms with Gasteiger partial charge in [0.05, 0.1) is 13.2 Å². The first-order valence-electron chi connectivity index (χ1n) is 11.2. The average Bonchev–Trinajstić information content (AvgIpc) is 3.22. The predicted molar refractivity (Wildman–Crippen MR) is 127 cm³/mol. The van der Waals surface area contributed by atoms with Crippen molar-refractivity contribution in [2.75, 3.05) is 33.4 Å². The lowest BCUT2D eigenvalue weighted by Gasteiger charge is -2.28. The molecule has 0 radical (unpaired) electrons. The van der Waals surface area contributed by atoms with Gasteiger partial charge in [-0.2, -0.15) is 0 Å². The van der Waals surface area contributed by atoms with Gasteiger partial charge in [-0.15, -0.1) is 0 Å². The topological polar surface area (TPSA) is 54.8 Å². The van der Waals surface area contributed by atoms with Crippen LogP contribution in [0.1, 0.15) is 35.8 Å². The Balaban J connectivity index is 1.83. The third-order valence-corrected chi connectivity index (χ3v) is 5.74. The number of aryl methyl sites for hydroxylation is 1. The zero-order valence-corrected chi connectivity index (χ0v) is 19.3. The van der Waals surface area contributed by atoms with Crippen molar-refractivity contribution in [2.45, 2.75) is 26.3 Å². The van der Waals surface area contributed by atoms with E-state index in [2.05, 4.69) is 6.92 Å². The molecule has 0 aliphatic heterocycles. The quantitative estimate of drug-likeness (QED) is 0.456. The Hall–Kier alpha value is -3.12. The lowest BCUT2D eigenvalue weighted by atomic mass is 10.0. The molecule has 6 nitrogen and oxygen atoms in total. The van der Waals surface area contributed by atoms with E-state index in [1.165, 1.54) is 0 Å². The molecule has 1 heterocycles. The second-order valence-electron chi connectivity index (χ2n) is 8.03. The molecule has 170 valence electrons. The van der Waals surface area contributed by atoms with Crippen molar-refractivity contribution in [2.24, 2.45) is 7.05 Å². The second-order valence-corrected chi connectivity index (χ2v) is 8.03. The summed E-state index contributed by atoms with van der Waals surface area (Å²) in [6.07, 6.45) is 3.76. The Morgan fingerprint density at radius 2 is 1.75 bits per heavy atom. The van der Waals surface area contributed by atoms with Gasteiger partial charge in [0.1, 0.15) is 6.54 Å². The van der Waals surface area contributed by atoms with Crippen molar-refractivity contribution in [3.05, 3.63) is 72.1 Å². The van der Waals surface area contributed by atoms with Gasteiger partial charge in [0, 0.05) is 44.7 Å². The fourth-order valence-electron chi connectivity index (χ4n) is 3.80. The second kappa shape index (κ2) is 11.5. The van der Waals surface area contributed by atoms with Gasteiger partial charge in [0.2, 0.25) is 5.91 Å². The number of ether oxygens (including phenoxy) is 1. The number of fused-ring (bicyclic) bond motifs is 1. The van der Waals surface area contributed by atoms with Crippen LogP contribution < -0.4 is 0 Å². The Labute approximate surface area is 190 Å². The van der Waals surface area contributed by atoms with Gasteiger partial charge in [0.25, 0.3) is 5.91 Å². The maximum Gasteiger partial charge on any atom is 0.254 e. The van der Waals surface area contributed by atoms with Gasteiger partial charge in [-0.1, -0.05) is 49.7 Å². The van der Waals surface area contributed by atoms with Crippen LogP contribution in [0, 0.1) is 0 Å². The molecule has 3 aromatic rings. The highest BCUT2D eigenvalue weighted by molar-refractivity contribution is 6.07. The van der Waals surface area contributed by atoms with Crippen molar-refractivity contribution >= 4 is 22.6 Å². The Morgan fingerprint density at radius 1 is 0.969 bits per heavy atom. The Kier molecular flexibility index (Phi) is 8.45. The van der Waals surface area contributed by atoms with Crippen molar-refractivity contribution in [1.82, 2.24) is 14.4 Å². The predicted octanol–water partition coefficient (Wildman–Crippen LogP) is 4.10. The van der Waals surface area contributed by atoms with Crippen LogP contribution in [0.2, 0.25) is 0 Å². The fourth-order valence-corrected chi connectivity index (χ4v) is 3.80. The minimum Gasteiger partial charge on any atom is -0.383 e. The van der Waals surface area contributed by atoms with Gasteiger partial charge in [-0.3, -0.25) is 9.59 Å². The molecule has 0 unspecified atom stereocenters. The van der Waals surface area contributed by atoms with Crippen molar-refractivity contribution in [1.29, 1.82) is 0 Å². The van der Waals surface area contributed by atoms with Crippen LogP contribution in [0.5, 0.6) is 0 Å². The van der Waals surface area contributed by atoms with Gasteiger partial charge in [-0.05, 0) is 35.4 Å². The molecule has 3 rings (SSSR count). The number of unbranched alkanes of at least 4 members (excludes halogenated alkanes) is 1. The van der Waals surface area contributed by atoms with E-state index >= 15 is 0 Å². The first-order valence-corrected chi connectivity index (χ1v) is 11.2. The summed E-state index contributed by atoms with van der Waals surface area (Å²) in [7, 11) is 3.59. The molecule has 0 fully saturated rings. The number of methoxy groups -OCH3 is 1. The minimum absolute atomic E-state index is 0.0518. The van der Waals surface area contributed by atoms with E-state index in [4.69, 9.17) is 4.74 Å². The monoisotopic (exact) mass is 435 g/mol. The molecule has 2 aromatic carbocycles. The summed E-state index contributed by atoms with van der Waals surface area (Å²) < 4.78 is 7.23. The van der Waals surface area contributed by atoms with E-state index in [0.717, 1.165) is 29.3 Å². The molecule has 1 aromatic heterocycles. The first kappa shape index (κ1) is 23.5. The third kappa shape index (κ3) is 5.77. The van der Waals surface area contributed by atoms with Crippen molar-refractivity contribution in [3.8, 4) is 0 Å². The number of carbonyl (C=O) groups is 2. The van der Waals surface area contributed by atoms with Crippen LogP contribution in [-0.4, -0.2) is 59.5 Å². The summed E-state index contributed by atoms with van der Waals surface area (Å²) in [5.41, 5.74) is 1.67. The third-order valence-electron chi connectivity index (χ3n) is 5.74. The molecule has 0 atom stereocenters. The molecule has 0 bridgehead atoms. The van der Waals surface area contributed by atoms with Gasteiger partial charge < -0.3 is 19.1 Å². The maximum absolute atomic E-state index is 13.5. The van der Waals surface area contributed by atoms with Crippen LogP contribution in [0.15, 0.2) is 60.8 Å². The molecule has 32 heavy (non-hydrogen) atoms. The van der Waals surface area contributed by atoms with Crippen molar-refractivity contribution < 1.29 is 14.3 Å². The Morgan fingerprint density at radius 3 is 2.47 bits per heavy atom. The summed E-state index contributed by atoms with van der Waals surface area (Å²) in [5, 5.41) is 1.93. The van der Waals surface area contributed by atoms with Crippen molar-refractivity contribution in [3.63, 3.8) is 0 Å². The zero-order chi connectivity index (χ0) is 22.9. The molecule has 0 aliphatic rings. The van der Waals surface area contributed by atoms with E-state index in [-0.39, 0.29) is 18.4 Å². The highest BCUT2D eigenvalue weighted by Crippen LogP contribution is 2.20. The van der Waals surface area contributed by atoms with Crippen LogP contribution in [0.4, 0.5) is 0 Å². The van der Waals surface area contributed by atoms with Gasteiger partial charge in [-0.25, -0.2) is 0 Å². The van der Waals surface area contributed by atoms with Gasteiger partial charge in [0.15, 0.2) is 0 Å². The number of hydrogen-bond acceptors (Lipinski definition) is 3. The van der Waals surface area contributed by atoms with Crippen LogP contribution in [-0.2, 0) is 23.1 Å². The largest absolute Gasteiger partial charge is 0.383 e. The Bertz CT molecular complexity index is 1040. The normalized spacial score (nSPS) is 11.0. The summed E-state index contributed by atoms with van der Waals surface area (Å²) in [6.45, 7) is 4.09. The number of amides is 2. The van der Waals surface area contributed by atoms with E-state index in [9.17, 15) is 9.59 Å². The summed E-state index contributed by atoms with van der Waals surface area (Å²) >= 11 is 0. The number of aromatic nitrogens is 1. The number of hydrogen-bond donors (Lipinski definition) is 0. The minimum atomic E-state index is -0.103. The molecule has 0 aliphatic carbocycles. The van der Waals surface area contributed by atoms with Crippen LogP contribution in [0.25, 0.3) is 10.8 Å². The number of nitrogens with zero attached hydrogens (tertiary/aromatic N) is 3. The molecule has 0 spiro atoms. The number of benzene rings is 2. The SMILES string of the molecule is CCCCN(CC(=O)N(CCOC)Cc1cccn1C)C(=O)c1cccc2ccccc12. The number of rotatable bonds is 11. The summed E-state index contributed by atoms with van der Waals surface area (Å²) in [5.74, 6) is -0.179. The average molecular weight is 436 g/mol. The lowest BCUT2D eigenvalue weighted by molar-refractivity contribution is -0.133. The fraction of sp³-hybridized carbons (Fsp3) is 0.385. The maximum atomic E-state index is 13.5. The summed E-state index contributed by atoms with van der Waals surface area (Å²) in [6, 6.07) is 17.6. The van der Waals surface area contributed by atoms with Gasteiger partial charge >= 0.3 is 0 Å². The van der Waals surface area contributed by atoms with Crippen LogP contribution in [0.3, 0.4) is 0 Å². The smallest absolute Gasteiger partial charge is 0.254 e. The highest BCUT2D eigenvalue weighted by atomic mass is 16.5. The summed E-state index contributed by atoms with van der Waals surface area (Å²) in [4.78, 5) is 30.3. The first-order chi connectivity index (χ1) is 15.5. The van der Waals surface area contributed by atoms with E-state index in [1.807, 2.05) is 72.4 Å². The molecule has 0 saturated heterocycles. The molecule has 0 saturated carbocycles. The molecule has 0 N–H and O–H groups in total. The van der Waals surface area contributed by atoms with E-state index in [0.29, 0.717) is 31.8 Å². The molecular weight excluding hydrogens is 402 g/mol. The van der Waals surface area contributed by atoms with E-state index < -0.39 is 0 Å². The zero-order valence-electron chi connectivity index (χ0n) is 19.3. The standard InChI is InChI=1S/C26H33N3O3/c1-4-5-16-29(26(31)24-14-8-11-21-10-6-7-13-23(21)24)20-25(30)28(17-18-32-3)19-22-12-9-15-27(22)2/h6-15H,4-5,16-20H2,1-3H3. The molecule has 6 heteroatoms. The molecule has 2 amide bonds. The highest BCUT2D eigenvalue weighted by Gasteiger charge is 2.23. The lowest BCUT2D eigenvalue weighted by Crippen LogP contribution is -2.44. The number of carbonyl (C=O) groups excluding carboxylic acids is 2. The van der Waals surface area contributed by atoms with E-state index in [1.54, 1.807) is 16.9 Å².